The van der Waals surface area contributed by atoms with Crippen LogP contribution >= 0.6 is 0 Å². The van der Waals surface area contributed by atoms with Crippen LogP contribution in [0.3, 0.4) is 0 Å². The van der Waals surface area contributed by atoms with Crippen molar-refractivity contribution in [1.29, 1.82) is 0 Å². The highest BCUT2D eigenvalue weighted by molar-refractivity contribution is 5.98. The minimum atomic E-state index is -0.715. The molecule has 1 saturated carbocycles. The van der Waals surface area contributed by atoms with Gasteiger partial charge in [0.2, 0.25) is 11.8 Å². The third-order valence-electron chi connectivity index (χ3n) is 4.17. The fourth-order valence-corrected chi connectivity index (χ4v) is 3.18. The van der Waals surface area contributed by atoms with Crippen molar-refractivity contribution < 1.29 is 9.59 Å². The molecule has 2 heterocycles. The van der Waals surface area contributed by atoms with Gasteiger partial charge in [0.15, 0.2) is 5.82 Å². The van der Waals surface area contributed by atoms with E-state index in [1.165, 1.54) is 4.80 Å². The summed E-state index contributed by atoms with van der Waals surface area (Å²) in [6.07, 6.45) is 4.46. The highest BCUT2D eigenvalue weighted by Gasteiger charge is 2.49. The summed E-state index contributed by atoms with van der Waals surface area (Å²) in [6.45, 7) is 0.306. The minimum Gasteiger partial charge on any atom is -0.345 e. The first kappa shape index (κ1) is 13.0. The number of hydrogen-bond donors (Lipinski definition) is 1. The molecular formula is C12H18N6O2. The predicted octanol–water partition coefficient (Wildman–Crippen LogP) is -0.629. The van der Waals surface area contributed by atoms with E-state index in [-0.39, 0.29) is 24.9 Å². The van der Waals surface area contributed by atoms with Crippen LogP contribution in [-0.2, 0) is 23.2 Å². The van der Waals surface area contributed by atoms with E-state index in [1.54, 1.807) is 11.9 Å². The van der Waals surface area contributed by atoms with Crippen molar-refractivity contribution in [3.05, 3.63) is 5.82 Å². The van der Waals surface area contributed by atoms with Crippen LogP contribution < -0.4 is 5.32 Å². The van der Waals surface area contributed by atoms with Crippen LogP contribution in [0.1, 0.15) is 37.9 Å². The van der Waals surface area contributed by atoms with Crippen LogP contribution in [0.2, 0.25) is 0 Å². The molecule has 1 N–H and O–H groups in total. The number of carbonyl (C=O) groups excluding carboxylic acids is 2. The molecule has 0 radical (unpaired) electrons. The topological polar surface area (TPSA) is 93.0 Å². The molecule has 1 aliphatic heterocycles. The maximum absolute atomic E-state index is 12.4. The van der Waals surface area contributed by atoms with Gasteiger partial charge in [0.25, 0.3) is 0 Å². The molecule has 0 atom stereocenters. The number of nitrogens with one attached hydrogen (secondary N) is 1. The molecule has 20 heavy (non-hydrogen) atoms. The largest absolute Gasteiger partial charge is 0.345 e. The molecule has 2 amide bonds. The van der Waals surface area contributed by atoms with E-state index in [1.807, 2.05) is 0 Å². The third kappa shape index (κ3) is 2.04. The van der Waals surface area contributed by atoms with Crippen LogP contribution in [-0.4, -0.2) is 49.0 Å². The van der Waals surface area contributed by atoms with Crippen molar-refractivity contribution in [3.8, 4) is 0 Å². The summed E-state index contributed by atoms with van der Waals surface area (Å²) >= 11 is 0. The van der Waals surface area contributed by atoms with E-state index >= 15 is 0 Å². The smallest absolute Gasteiger partial charge is 0.246 e. The number of hydrogen-bond acceptors (Lipinski definition) is 5. The first-order chi connectivity index (χ1) is 9.62. The molecule has 2 aliphatic rings. The molecule has 1 aromatic rings. The highest BCUT2D eigenvalue weighted by atomic mass is 16.2. The van der Waals surface area contributed by atoms with Crippen LogP contribution in [0, 0.1) is 0 Å². The molecule has 1 aromatic heterocycles. The van der Waals surface area contributed by atoms with Crippen molar-refractivity contribution in [2.45, 2.75) is 44.2 Å². The average molecular weight is 278 g/mol. The minimum absolute atomic E-state index is 0.0410. The summed E-state index contributed by atoms with van der Waals surface area (Å²) in [4.78, 5) is 27.6. The lowest BCUT2D eigenvalue weighted by Gasteiger charge is -2.47. The average Bonchev–Trinajstić information content (AvgIpc) is 2.86. The molecule has 1 aliphatic carbocycles. The zero-order valence-electron chi connectivity index (χ0n) is 11.5. The quantitative estimate of drug-likeness (QED) is 0.777. The monoisotopic (exact) mass is 278 g/mol. The molecule has 108 valence electrons. The zero-order valence-corrected chi connectivity index (χ0v) is 11.5. The first-order valence-corrected chi connectivity index (χ1v) is 6.93. The molecule has 0 bridgehead atoms. The van der Waals surface area contributed by atoms with Crippen molar-refractivity contribution in [2.75, 3.05) is 6.54 Å². The number of rotatable bonds is 2. The molecular weight excluding hydrogens is 260 g/mol. The molecule has 3 rings (SSSR count). The van der Waals surface area contributed by atoms with Crippen LogP contribution in [0.15, 0.2) is 0 Å². The highest BCUT2D eigenvalue weighted by Crippen LogP contribution is 2.36. The number of piperazine rings is 1. The molecule has 1 spiro atoms. The Morgan fingerprint density at radius 3 is 2.65 bits per heavy atom. The number of carbonyl (C=O) groups is 2. The zero-order chi connectivity index (χ0) is 14.2. The molecule has 8 nitrogen and oxygen atoms in total. The van der Waals surface area contributed by atoms with E-state index in [0.29, 0.717) is 18.7 Å². The fraction of sp³-hybridized carbons (Fsp3) is 0.750. The van der Waals surface area contributed by atoms with Gasteiger partial charge < -0.3 is 10.2 Å². The number of aryl methyl sites for hydroxylation is 1. The number of tetrazole rings is 1. The fourth-order valence-electron chi connectivity index (χ4n) is 3.18. The van der Waals surface area contributed by atoms with Gasteiger partial charge in [-0.1, -0.05) is 19.3 Å². The van der Waals surface area contributed by atoms with Gasteiger partial charge in [0, 0.05) is 0 Å². The summed E-state index contributed by atoms with van der Waals surface area (Å²) in [5.74, 6) is 0.361. The second-order valence-corrected chi connectivity index (χ2v) is 5.45. The summed E-state index contributed by atoms with van der Waals surface area (Å²) in [6, 6.07) is 0. The number of aromatic nitrogens is 4. The Balaban J connectivity index is 1.90. The SMILES string of the molecule is Cn1nnc(CN2C(=O)CNC(=O)C23CCCCC3)n1. The number of nitrogens with zero attached hydrogens (tertiary/aromatic N) is 5. The maximum Gasteiger partial charge on any atom is 0.246 e. The molecule has 0 aromatic carbocycles. The van der Waals surface area contributed by atoms with E-state index < -0.39 is 5.54 Å². The van der Waals surface area contributed by atoms with E-state index in [0.717, 1.165) is 19.3 Å². The van der Waals surface area contributed by atoms with E-state index in [2.05, 4.69) is 20.7 Å². The van der Waals surface area contributed by atoms with Gasteiger partial charge in [-0.25, -0.2) is 0 Å². The number of amides is 2. The lowest BCUT2D eigenvalue weighted by molar-refractivity contribution is -0.157. The lowest BCUT2D eigenvalue weighted by Crippen LogP contribution is -2.67. The van der Waals surface area contributed by atoms with Crippen molar-refractivity contribution in [3.63, 3.8) is 0 Å². The van der Waals surface area contributed by atoms with Crippen molar-refractivity contribution in [1.82, 2.24) is 30.4 Å². The van der Waals surface area contributed by atoms with E-state index in [9.17, 15) is 9.59 Å². The normalized spacial score (nSPS) is 22.1. The van der Waals surface area contributed by atoms with Gasteiger partial charge in [-0.15, -0.1) is 10.2 Å². The second-order valence-electron chi connectivity index (χ2n) is 5.45. The summed E-state index contributed by atoms with van der Waals surface area (Å²) < 4.78 is 0. The Bertz CT molecular complexity index is 534. The summed E-state index contributed by atoms with van der Waals surface area (Å²) in [5.41, 5.74) is -0.715. The Morgan fingerprint density at radius 1 is 1.25 bits per heavy atom. The molecule has 1 saturated heterocycles. The van der Waals surface area contributed by atoms with Crippen molar-refractivity contribution in [2.24, 2.45) is 7.05 Å². The van der Waals surface area contributed by atoms with Gasteiger partial charge in [-0.05, 0) is 18.1 Å². The van der Waals surface area contributed by atoms with Gasteiger partial charge in [-0.2, -0.15) is 4.80 Å². The predicted molar refractivity (Wildman–Crippen MR) is 68.2 cm³/mol. The van der Waals surface area contributed by atoms with Crippen LogP contribution in [0.4, 0.5) is 0 Å². The third-order valence-corrected chi connectivity index (χ3v) is 4.17. The summed E-state index contributed by atoms with van der Waals surface area (Å²) in [5, 5.41) is 14.5. The van der Waals surface area contributed by atoms with Gasteiger partial charge in [0.05, 0.1) is 20.1 Å². The second kappa shape index (κ2) is 4.84. The molecule has 8 heteroatoms. The Kier molecular flexibility index (Phi) is 3.15. The molecule has 0 unspecified atom stereocenters. The standard InChI is InChI=1S/C12H18N6O2/c1-17-15-9(14-16-17)8-18-10(19)7-13-11(20)12(18)5-3-2-4-6-12/h2-8H2,1H3,(H,13,20). The maximum atomic E-state index is 12.4. The van der Waals surface area contributed by atoms with Crippen LogP contribution in [0.5, 0.6) is 0 Å². The Hall–Kier alpha value is -1.99. The Labute approximate surface area is 116 Å². The van der Waals surface area contributed by atoms with Crippen LogP contribution in [0.25, 0.3) is 0 Å². The van der Waals surface area contributed by atoms with Gasteiger partial charge >= 0.3 is 0 Å². The van der Waals surface area contributed by atoms with Gasteiger partial charge in [-0.3, -0.25) is 9.59 Å². The van der Waals surface area contributed by atoms with Crippen molar-refractivity contribution >= 4 is 11.8 Å². The van der Waals surface area contributed by atoms with E-state index in [4.69, 9.17) is 0 Å². The Morgan fingerprint density at radius 2 is 2.00 bits per heavy atom. The summed E-state index contributed by atoms with van der Waals surface area (Å²) in [7, 11) is 1.68. The van der Waals surface area contributed by atoms with Gasteiger partial charge in [0.1, 0.15) is 5.54 Å². The molecule has 2 fully saturated rings. The lowest BCUT2D eigenvalue weighted by atomic mass is 9.78. The first-order valence-electron chi connectivity index (χ1n) is 6.93.